The van der Waals surface area contributed by atoms with Crippen molar-refractivity contribution in [3.8, 4) is 22.6 Å². The highest BCUT2D eigenvalue weighted by molar-refractivity contribution is 5.97. The summed E-state index contributed by atoms with van der Waals surface area (Å²) in [5.74, 6) is -0.491. The fourth-order valence-corrected chi connectivity index (χ4v) is 5.39. The molecule has 5 rings (SSSR count). The van der Waals surface area contributed by atoms with Gasteiger partial charge >= 0.3 is 5.97 Å². The van der Waals surface area contributed by atoms with Gasteiger partial charge in [0, 0.05) is 37.3 Å². The summed E-state index contributed by atoms with van der Waals surface area (Å²) in [7, 11) is 2.05. The van der Waals surface area contributed by atoms with Crippen molar-refractivity contribution in [1.82, 2.24) is 14.4 Å². The number of rotatable bonds is 6. The molecule has 42 heavy (non-hydrogen) atoms. The van der Waals surface area contributed by atoms with Crippen LogP contribution in [-0.2, 0) is 10.2 Å². The van der Waals surface area contributed by atoms with E-state index in [2.05, 4.69) is 57.0 Å². The first-order valence-corrected chi connectivity index (χ1v) is 14.1. The lowest BCUT2D eigenvalue weighted by atomic mass is 9.86. The molecule has 2 heterocycles. The third kappa shape index (κ3) is 6.32. The molecule has 1 amide bonds. The van der Waals surface area contributed by atoms with E-state index in [0.29, 0.717) is 24.5 Å². The van der Waals surface area contributed by atoms with Crippen LogP contribution in [0.2, 0.25) is 0 Å². The summed E-state index contributed by atoms with van der Waals surface area (Å²) < 4.78 is 7.89. The van der Waals surface area contributed by atoms with Crippen molar-refractivity contribution in [3.05, 3.63) is 84.1 Å². The molecular formula is C34H40ClN3O4. The highest BCUT2D eigenvalue weighted by atomic mass is 35.5. The Morgan fingerprint density at radius 1 is 0.786 bits per heavy atom. The van der Waals surface area contributed by atoms with Crippen molar-refractivity contribution in [2.24, 2.45) is 0 Å². The van der Waals surface area contributed by atoms with E-state index in [4.69, 9.17) is 4.74 Å². The minimum absolute atomic E-state index is 0. The van der Waals surface area contributed by atoms with Crippen LogP contribution in [0.5, 0.6) is 5.75 Å². The second kappa shape index (κ2) is 11.8. The SMILES string of the molecule is CN1CCN(C(=O)C(C)(C)Oc2ccc(-n3c(C(=O)O)cc4cc(-c5ccc(C(C)(C)C)cc5)ccc43)cc2)CC1.Cl. The molecule has 222 valence electrons. The number of benzene rings is 3. The maximum Gasteiger partial charge on any atom is 0.352 e. The molecule has 3 aromatic carbocycles. The van der Waals surface area contributed by atoms with Gasteiger partial charge < -0.3 is 24.2 Å². The van der Waals surface area contributed by atoms with Gasteiger partial charge in [0.25, 0.3) is 5.91 Å². The van der Waals surface area contributed by atoms with E-state index in [1.54, 1.807) is 36.6 Å². The van der Waals surface area contributed by atoms with Gasteiger partial charge in [-0.15, -0.1) is 12.4 Å². The summed E-state index contributed by atoms with van der Waals surface area (Å²) in [6, 6.07) is 23.5. The van der Waals surface area contributed by atoms with E-state index < -0.39 is 11.6 Å². The molecule has 0 radical (unpaired) electrons. The van der Waals surface area contributed by atoms with Crippen LogP contribution in [0, 0.1) is 0 Å². The van der Waals surface area contributed by atoms with Crippen LogP contribution in [0.4, 0.5) is 0 Å². The number of amides is 1. The van der Waals surface area contributed by atoms with Gasteiger partial charge in [0.05, 0.1) is 5.52 Å². The summed E-state index contributed by atoms with van der Waals surface area (Å²) >= 11 is 0. The molecule has 8 heteroatoms. The number of hydrogen-bond donors (Lipinski definition) is 1. The van der Waals surface area contributed by atoms with Crippen LogP contribution in [-0.4, -0.2) is 70.2 Å². The molecule has 1 saturated heterocycles. The summed E-state index contributed by atoms with van der Waals surface area (Å²) in [6.07, 6.45) is 0. The fraction of sp³-hybridized carbons (Fsp3) is 0.353. The van der Waals surface area contributed by atoms with Crippen LogP contribution >= 0.6 is 12.4 Å². The topological polar surface area (TPSA) is 75.0 Å². The number of carbonyl (C=O) groups is 2. The molecule has 1 N–H and O–H groups in total. The lowest BCUT2D eigenvalue weighted by Gasteiger charge is -2.37. The van der Waals surface area contributed by atoms with Gasteiger partial charge in [0.2, 0.25) is 0 Å². The minimum atomic E-state index is -1.02. The van der Waals surface area contributed by atoms with Crippen LogP contribution in [0.1, 0.15) is 50.7 Å². The lowest BCUT2D eigenvalue weighted by Crippen LogP contribution is -2.55. The number of carbonyl (C=O) groups excluding carboxylic acids is 1. The van der Waals surface area contributed by atoms with Gasteiger partial charge in [-0.05, 0) is 85.5 Å². The van der Waals surface area contributed by atoms with Crippen LogP contribution in [0.25, 0.3) is 27.7 Å². The number of likely N-dealkylation sites (N-methyl/N-ethyl adjacent to an activating group) is 1. The number of carboxylic acid groups (broad SMARTS) is 1. The Hall–Kier alpha value is -3.81. The monoisotopic (exact) mass is 589 g/mol. The quantitative estimate of drug-likeness (QED) is 0.273. The van der Waals surface area contributed by atoms with E-state index in [0.717, 1.165) is 35.1 Å². The highest BCUT2D eigenvalue weighted by Gasteiger charge is 2.35. The lowest BCUT2D eigenvalue weighted by molar-refractivity contribution is -0.147. The van der Waals surface area contributed by atoms with Crippen LogP contribution < -0.4 is 4.74 Å². The zero-order chi connectivity index (χ0) is 29.5. The minimum Gasteiger partial charge on any atom is -0.478 e. The van der Waals surface area contributed by atoms with Crippen molar-refractivity contribution in [2.75, 3.05) is 33.2 Å². The second-order valence-corrected chi connectivity index (χ2v) is 12.5. The van der Waals surface area contributed by atoms with Crippen molar-refractivity contribution >= 4 is 35.2 Å². The van der Waals surface area contributed by atoms with E-state index in [9.17, 15) is 14.7 Å². The predicted octanol–water partition coefficient (Wildman–Crippen LogP) is 6.65. The standard InChI is InChI=1S/C34H39N3O4.ClH/c1-33(2,3)26-10-7-23(8-11-26)24-9-16-29-25(21-24)22-30(31(38)39)37(29)27-12-14-28(15-13-27)41-34(4,5)32(40)36-19-17-35(6)18-20-36;/h7-16,21-22H,17-20H2,1-6H3,(H,38,39);1H. The summed E-state index contributed by atoms with van der Waals surface area (Å²) in [6.45, 7) is 13.2. The van der Waals surface area contributed by atoms with E-state index in [1.165, 1.54) is 5.56 Å². The maximum absolute atomic E-state index is 13.2. The average Bonchev–Trinajstić information content (AvgIpc) is 3.32. The first kappa shape index (κ1) is 31.1. The van der Waals surface area contributed by atoms with Gasteiger partial charge in [0.1, 0.15) is 11.4 Å². The van der Waals surface area contributed by atoms with Gasteiger partial charge in [-0.3, -0.25) is 4.79 Å². The zero-order valence-corrected chi connectivity index (χ0v) is 26.0. The van der Waals surface area contributed by atoms with E-state index in [-0.39, 0.29) is 29.4 Å². The average molecular weight is 590 g/mol. The summed E-state index contributed by atoms with van der Waals surface area (Å²) in [5.41, 5.74) is 4.12. The number of hydrogen-bond acceptors (Lipinski definition) is 4. The van der Waals surface area contributed by atoms with Crippen LogP contribution in [0.3, 0.4) is 0 Å². The van der Waals surface area contributed by atoms with Crippen molar-refractivity contribution in [2.45, 2.75) is 45.6 Å². The van der Waals surface area contributed by atoms with Gasteiger partial charge in [-0.2, -0.15) is 0 Å². The molecular weight excluding hydrogens is 550 g/mol. The fourth-order valence-electron chi connectivity index (χ4n) is 5.39. The Labute approximate surface area is 254 Å². The first-order valence-electron chi connectivity index (χ1n) is 14.1. The maximum atomic E-state index is 13.2. The van der Waals surface area contributed by atoms with Crippen molar-refractivity contribution in [1.29, 1.82) is 0 Å². The molecule has 1 fully saturated rings. The zero-order valence-electron chi connectivity index (χ0n) is 25.2. The van der Waals surface area contributed by atoms with Crippen molar-refractivity contribution < 1.29 is 19.4 Å². The highest BCUT2D eigenvalue weighted by Crippen LogP contribution is 2.32. The van der Waals surface area contributed by atoms with Gasteiger partial charge in [0.15, 0.2) is 5.60 Å². The molecule has 4 aromatic rings. The Kier molecular flexibility index (Phi) is 8.76. The number of aromatic nitrogens is 1. The Balaban J connectivity index is 0.00000405. The number of aromatic carboxylic acids is 1. The summed E-state index contributed by atoms with van der Waals surface area (Å²) in [5, 5.41) is 10.9. The largest absolute Gasteiger partial charge is 0.478 e. The summed E-state index contributed by atoms with van der Waals surface area (Å²) in [4.78, 5) is 29.5. The van der Waals surface area contributed by atoms with Crippen LogP contribution in [0.15, 0.2) is 72.8 Å². The Morgan fingerprint density at radius 2 is 1.38 bits per heavy atom. The van der Waals surface area contributed by atoms with Crippen molar-refractivity contribution in [3.63, 3.8) is 0 Å². The number of piperazine rings is 1. The van der Waals surface area contributed by atoms with E-state index >= 15 is 0 Å². The normalized spacial score (nSPS) is 14.5. The van der Waals surface area contributed by atoms with Gasteiger partial charge in [-0.25, -0.2) is 4.79 Å². The second-order valence-electron chi connectivity index (χ2n) is 12.5. The predicted molar refractivity (Wildman–Crippen MR) is 170 cm³/mol. The molecule has 0 aliphatic carbocycles. The molecule has 0 saturated carbocycles. The number of fused-ring (bicyclic) bond motifs is 1. The smallest absolute Gasteiger partial charge is 0.352 e. The van der Waals surface area contributed by atoms with Gasteiger partial charge in [-0.1, -0.05) is 51.1 Å². The Bertz CT molecular complexity index is 1580. The molecule has 0 bridgehead atoms. The van der Waals surface area contributed by atoms with E-state index in [1.807, 2.05) is 35.2 Å². The number of ether oxygens (including phenoxy) is 1. The third-order valence-electron chi connectivity index (χ3n) is 7.88. The molecule has 1 aromatic heterocycles. The molecule has 7 nitrogen and oxygen atoms in total. The molecule has 0 unspecified atom stereocenters. The molecule has 1 aliphatic rings. The molecule has 1 aliphatic heterocycles. The molecule has 0 atom stereocenters. The number of nitrogens with zero attached hydrogens (tertiary/aromatic N) is 3. The first-order chi connectivity index (χ1) is 19.3. The third-order valence-corrected chi connectivity index (χ3v) is 7.88. The number of carboxylic acids is 1. The Morgan fingerprint density at radius 3 is 1.95 bits per heavy atom. The molecule has 0 spiro atoms. The number of halogens is 1.